The molecule has 0 aromatic heterocycles. The first-order valence-electron chi connectivity index (χ1n) is 6.19. The standard InChI is InChI=1S/C15H22N2O/c1-5-6-14(16)15(18)17-12(4)13-8-7-10(2)9-11(13)3/h5,7-9,12,14H,1,6,16H2,2-4H3,(H,17,18). The van der Waals surface area contributed by atoms with E-state index in [9.17, 15) is 4.79 Å². The number of carbonyl (C=O) groups is 1. The zero-order valence-corrected chi connectivity index (χ0v) is 11.4. The van der Waals surface area contributed by atoms with Crippen molar-refractivity contribution in [2.45, 2.75) is 39.3 Å². The number of amides is 1. The molecule has 0 bridgehead atoms. The number of carbonyl (C=O) groups excluding carboxylic acids is 1. The molecule has 1 amide bonds. The molecule has 0 aliphatic heterocycles. The lowest BCUT2D eigenvalue weighted by atomic mass is 10.00. The second kappa shape index (κ2) is 6.36. The van der Waals surface area contributed by atoms with Gasteiger partial charge in [0, 0.05) is 0 Å². The van der Waals surface area contributed by atoms with E-state index in [1.54, 1.807) is 6.08 Å². The van der Waals surface area contributed by atoms with Gasteiger partial charge in [-0.1, -0.05) is 29.8 Å². The van der Waals surface area contributed by atoms with Gasteiger partial charge >= 0.3 is 0 Å². The van der Waals surface area contributed by atoms with Crippen LogP contribution in [0.5, 0.6) is 0 Å². The molecule has 1 aromatic rings. The van der Waals surface area contributed by atoms with E-state index in [0.29, 0.717) is 6.42 Å². The summed E-state index contributed by atoms with van der Waals surface area (Å²) in [4.78, 5) is 11.8. The average Bonchev–Trinajstić information content (AvgIpc) is 2.28. The Morgan fingerprint density at radius 3 is 2.72 bits per heavy atom. The van der Waals surface area contributed by atoms with Gasteiger partial charge in [-0.05, 0) is 38.3 Å². The van der Waals surface area contributed by atoms with Crippen molar-refractivity contribution in [2.24, 2.45) is 5.73 Å². The maximum Gasteiger partial charge on any atom is 0.237 e. The van der Waals surface area contributed by atoms with Gasteiger partial charge in [0.15, 0.2) is 0 Å². The Labute approximate surface area is 109 Å². The molecule has 0 spiro atoms. The van der Waals surface area contributed by atoms with Crippen molar-refractivity contribution in [3.63, 3.8) is 0 Å². The summed E-state index contributed by atoms with van der Waals surface area (Å²) in [5.74, 6) is -0.137. The molecule has 2 unspecified atom stereocenters. The third kappa shape index (κ3) is 3.70. The summed E-state index contributed by atoms with van der Waals surface area (Å²) >= 11 is 0. The quantitative estimate of drug-likeness (QED) is 0.784. The molecular weight excluding hydrogens is 224 g/mol. The summed E-state index contributed by atoms with van der Waals surface area (Å²) < 4.78 is 0. The topological polar surface area (TPSA) is 55.1 Å². The molecule has 3 heteroatoms. The van der Waals surface area contributed by atoms with Crippen molar-refractivity contribution >= 4 is 5.91 Å². The van der Waals surface area contributed by atoms with Crippen molar-refractivity contribution in [3.05, 3.63) is 47.5 Å². The number of benzene rings is 1. The first-order valence-corrected chi connectivity index (χ1v) is 6.19. The number of rotatable bonds is 5. The summed E-state index contributed by atoms with van der Waals surface area (Å²) in [6.45, 7) is 9.66. The lowest BCUT2D eigenvalue weighted by Gasteiger charge is -2.19. The van der Waals surface area contributed by atoms with Crippen LogP contribution in [0.2, 0.25) is 0 Å². The molecule has 0 radical (unpaired) electrons. The predicted molar refractivity (Wildman–Crippen MR) is 75.3 cm³/mol. The highest BCUT2D eigenvalue weighted by molar-refractivity contribution is 5.82. The molecule has 0 saturated heterocycles. The number of hydrogen-bond acceptors (Lipinski definition) is 2. The lowest BCUT2D eigenvalue weighted by Crippen LogP contribution is -2.41. The van der Waals surface area contributed by atoms with Gasteiger partial charge < -0.3 is 11.1 Å². The fourth-order valence-corrected chi connectivity index (χ4v) is 2.00. The summed E-state index contributed by atoms with van der Waals surface area (Å²) in [5, 5.41) is 2.93. The van der Waals surface area contributed by atoms with Gasteiger partial charge in [-0.15, -0.1) is 6.58 Å². The number of aryl methyl sites for hydroxylation is 2. The van der Waals surface area contributed by atoms with E-state index < -0.39 is 6.04 Å². The van der Waals surface area contributed by atoms with Crippen molar-refractivity contribution < 1.29 is 4.79 Å². The second-order valence-corrected chi connectivity index (χ2v) is 4.72. The monoisotopic (exact) mass is 246 g/mol. The largest absolute Gasteiger partial charge is 0.348 e. The molecule has 0 aliphatic carbocycles. The average molecular weight is 246 g/mol. The van der Waals surface area contributed by atoms with Gasteiger partial charge in [0.2, 0.25) is 5.91 Å². The highest BCUT2D eigenvalue weighted by Crippen LogP contribution is 2.18. The molecule has 98 valence electrons. The second-order valence-electron chi connectivity index (χ2n) is 4.72. The smallest absolute Gasteiger partial charge is 0.237 e. The zero-order valence-electron chi connectivity index (χ0n) is 11.4. The Hall–Kier alpha value is -1.61. The molecule has 0 aliphatic rings. The highest BCUT2D eigenvalue weighted by atomic mass is 16.2. The summed E-state index contributed by atoms with van der Waals surface area (Å²) in [6, 6.07) is 5.66. The van der Waals surface area contributed by atoms with Crippen LogP contribution >= 0.6 is 0 Å². The highest BCUT2D eigenvalue weighted by Gasteiger charge is 2.16. The van der Waals surface area contributed by atoms with Gasteiger partial charge in [-0.3, -0.25) is 4.79 Å². The Morgan fingerprint density at radius 2 is 2.17 bits per heavy atom. The van der Waals surface area contributed by atoms with Crippen LogP contribution in [-0.4, -0.2) is 11.9 Å². The minimum atomic E-state index is -0.518. The zero-order chi connectivity index (χ0) is 13.7. The Bertz CT molecular complexity index is 440. The molecule has 1 rings (SSSR count). The van der Waals surface area contributed by atoms with Crippen molar-refractivity contribution in [1.82, 2.24) is 5.32 Å². The van der Waals surface area contributed by atoms with E-state index in [1.807, 2.05) is 6.92 Å². The van der Waals surface area contributed by atoms with Crippen LogP contribution in [0.25, 0.3) is 0 Å². The lowest BCUT2D eigenvalue weighted by molar-refractivity contribution is -0.122. The molecule has 0 heterocycles. The number of nitrogens with two attached hydrogens (primary N) is 1. The Balaban J connectivity index is 2.73. The van der Waals surface area contributed by atoms with Crippen LogP contribution in [-0.2, 0) is 4.79 Å². The van der Waals surface area contributed by atoms with Gasteiger partial charge in [-0.25, -0.2) is 0 Å². The first-order chi connectivity index (χ1) is 8.45. The van der Waals surface area contributed by atoms with Crippen LogP contribution in [0.3, 0.4) is 0 Å². The summed E-state index contributed by atoms with van der Waals surface area (Å²) in [7, 11) is 0. The van der Waals surface area contributed by atoms with Gasteiger partial charge in [0.05, 0.1) is 12.1 Å². The number of nitrogens with one attached hydrogen (secondary N) is 1. The third-order valence-electron chi connectivity index (χ3n) is 3.01. The maximum absolute atomic E-state index is 11.8. The summed E-state index contributed by atoms with van der Waals surface area (Å²) in [5.41, 5.74) is 9.26. The molecule has 1 aromatic carbocycles. The van der Waals surface area contributed by atoms with E-state index in [-0.39, 0.29) is 11.9 Å². The molecule has 3 N–H and O–H groups in total. The Morgan fingerprint density at radius 1 is 1.50 bits per heavy atom. The Kier molecular flexibility index (Phi) is 5.10. The normalized spacial score (nSPS) is 13.8. The molecule has 2 atom stereocenters. The van der Waals surface area contributed by atoms with Gasteiger partial charge in [0.25, 0.3) is 0 Å². The maximum atomic E-state index is 11.8. The molecule has 0 saturated carbocycles. The van der Waals surface area contributed by atoms with Crippen LogP contribution < -0.4 is 11.1 Å². The predicted octanol–water partition coefficient (Wildman–Crippen LogP) is 2.38. The number of hydrogen-bond donors (Lipinski definition) is 2. The molecule has 3 nitrogen and oxygen atoms in total. The molecule has 0 fully saturated rings. The van der Waals surface area contributed by atoms with Crippen molar-refractivity contribution in [3.8, 4) is 0 Å². The van der Waals surface area contributed by atoms with Crippen LogP contribution in [0.15, 0.2) is 30.9 Å². The SMILES string of the molecule is C=CCC(N)C(=O)NC(C)c1ccc(C)cc1C. The molecule has 18 heavy (non-hydrogen) atoms. The fraction of sp³-hybridized carbons (Fsp3) is 0.400. The van der Waals surface area contributed by atoms with Crippen LogP contribution in [0.4, 0.5) is 0 Å². The van der Waals surface area contributed by atoms with Gasteiger partial charge in [0.1, 0.15) is 0 Å². The van der Waals surface area contributed by atoms with E-state index in [0.717, 1.165) is 5.56 Å². The third-order valence-corrected chi connectivity index (χ3v) is 3.01. The van der Waals surface area contributed by atoms with Crippen molar-refractivity contribution in [1.29, 1.82) is 0 Å². The van der Waals surface area contributed by atoms with Crippen molar-refractivity contribution in [2.75, 3.05) is 0 Å². The molecular formula is C15H22N2O. The summed E-state index contributed by atoms with van der Waals surface area (Å²) in [6.07, 6.45) is 2.15. The van der Waals surface area contributed by atoms with E-state index in [4.69, 9.17) is 5.73 Å². The van der Waals surface area contributed by atoms with Gasteiger partial charge in [-0.2, -0.15) is 0 Å². The minimum absolute atomic E-state index is 0.0334. The van der Waals surface area contributed by atoms with Crippen LogP contribution in [0, 0.1) is 13.8 Å². The minimum Gasteiger partial charge on any atom is -0.348 e. The van der Waals surface area contributed by atoms with E-state index in [2.05, 4.69) is 43.9 Å². The fourth-order valence-electron chi connectivity index (χ4n) is 2.00. The first kappa shape index (κ1) is 14.5. The van der Waals surface area contributed by atoms with E-state index >= 15 is 0 Å². The van der Waals surface area contributed by atoms with Crippen LogP contribution in [0.1, 0.15) is 36.1 Å². The van der Waals surface area contributed by atoms with E-state index in [1.165, 1.54) is 11.1 Å².